The minimum Gasteiger partial charge on any atom is -0.376 e. The van der Waals surface area contributed by atoms with Crippen LogP contribution in [-0.2, 0) is 17.6 Å². The van der Waals surface area contributed by atoms with Gasteiger partial charge in [-0.2, -0.15) is 0 Å². The van der Waals surface area contributed by atoms with Crippen LogP contribution in [0.25, 0.3) is 10.6 Å². The third-order valence-corrected chi connectivity index (χ3v) is 6.08. The predicted molar refractivity (Wildman–Crippen MR) is 108 cm³/mol. The molecule has 0 spiro atoms. The first-order valence-electron chi connectivity index (χ1n) is 9.49. The molecule has 0 bridgehead atoms. The molecule has 3 heterocycles. The summed E-state index contributed by atoms with van der Waals surface area (Å²) in [7, 11) is 0. The Kier molecular flexibility index (Phi) is 4.66. The number of aryl methyl sites for hydroxylation is 2. The third kappa shape index (κ3) is 3.57. The second-order valence-corrected chi connectivity index (χ2v) is 8.01. The fourth-order valence-electron chi connectivity index (χ4n) is 3.55. The molecular formula is C20H20FN5OS. The number of rotatable bonds is 5. The van der Waals surface area contributed by atoms with Crippen LogP contribution in [0, 0.1) is 5.82 Å². The van der Waals surface area contributed by atoms with Gasteiger partial charge < -0.3 is 15.4 Å². The van der Waals surface area contributed by atoms with Crippen molar-refractivity contribution in [3.05, 3.63) is 47.5 Å². The van der Waals surface area contributed by atoms with Gasteiger partial charge in [-0.05, 0) is 55.5 Å². The van der Waals surface area contributed by atoms with E-state index in [0.717, 1.165) is 71.5 Å². The van der Waals surface area contributed by atoms with Crippen molar-refractivity contribution in [2.24, 2.45) is 0 Å². The Bertz CT molecular complexity index is 985. The smallest absolute Gasteiger partial charge is 0.227 e. The van der Waals surface area contributed by atoms with Crippen LogP contribution in [0.3, 0.4) is 0 Å². The Morgan fingerprint density at radius 2 is 2.07 bits per heavy atom. The van der Waals surface area contributed by atoms with Gasteiger partial charge in [0.05, 0.1) is 22.4 Å². The first kappa shape index (κ1) is 17.5. The minimum atomic E-state index is -0.269. The lowest BCUT2D eigenvalue weighted by Gasteiger charge is -2.14. The molecule has 0 amide bonds. The lowest BCUT2D eigenvalue weighted by molar-refractivity contribution is 0.120. The first-order valence-corrected chi connectivity index (χ1v) is 10.3. The molecule has 0 saturated carbocycles. The largest absolute Gasteiger partial charge is 0.376 e. The Balaban J connectivity index is 1.37. The monoisotopic (exact) mass is 397 g/mol. The van der Waals surface area contributed by atoms with E-state index in [0.29, 0.717) is 5.95 Å². The van der Waals surface area contributed by atoms with Gasteiger partial charge in [0.1, 0.15) is 5.82 Å². The van der Waals surface area contributed by atoms with Crippen LogP contribution in [0.2, 0.25) is 0 Å². The highest BCUT2D eigenvalue weighted by atomic mass is 32.1. The van der Waals surface area contributed by atoms with Gasteiger partial charge >= 0.3 is 0 Å². The molecule has 0 radical (unpaired) electrons. The average molecular weight is 397 g/mol. The van der Waals surface area contributed by atoms with E-state index in [1.54, 1.807) is 23.5 Å². The number of halogens is 1. The summed E-state index contributed by atoms with van der Waals surface area (Å²) in [6.07, 6.45) is 6.17. The SMILES string of the molecule is Fc1ccc(Nc2ncc3c(n2)-c2sc(NCC4CCCO4)nc2CC3)cc1. The van der Waals surface area contributed by atoms with Crippen molar-refractivity contribution >= 4 is 28.1 Å². The van der Waals surface area contributed by atoms with Gasteiger partial charge in [0.2, 0.25) is 5.95 Å². The van der Waals surface area contributed by atoms with Crippen LogP contribution < -0.4 is 10.6 Å². The quantitative estimate of drug-likeness (QED) is 0.673. The van der Waals surface area contributed by atoms with E-state index in [1.165, 1.54) is 12.1 Å². The third-order valence-electron chi connectivity index (χ3n) is 5.01. The highest BCUT2D eigenvalue weighted by Gasteiger charge is 2.24. The fourth-order valence-corrected chi connectivity index (χ4v) is 4.59. The first-order chi connectivity index (χ1) is 13.7. The van der Waals surface area contributed by atoms with Crippen molar-refractivity contribution in [2.45, 2.75) is 31.8 Å². The number of nitrogens with one attached hydrogen (secondary N) is 2. The molecule has 28 heavy (non-hydrogen) atoms. The molecule has 1 aromatic carbocycles. The maximum atomic E-state index is 13.1. The average Bonchev–Trinajstić information content (AvgIpc) is 3.37. The van der Waals surface area contributed by atoms with Crippen LogP contribution in [-0.4, -0.2) is 34.2 Å². The molecular weight excluding hydrogens is 377 g/mol. The van der Waals surface area contributed by atoms with Crippen molar-refractivity contribution in [1.29, 1.82) is 0 Å². The molecule has 1 fully saturated rings. The summed E-state index contributed by atoms with van der Waals surface area (Å²) in [5, 5.41) is 7.48. The number of ether oxygens (including phenoxy) is 1. The normalized spacial score (nSPS) is 17.8. The maximum Gasteiger partial charge on any atom is 0.227 e. The molecule has 1 saturated heterocycles. The van der Waals surface area contributed by atoms with Crippen LogP contribution in [0.5, 0.6) is 0 Å². The van der Waals surface area contributed by atoms with E-state index in [9.17, 15) is 4.39 Å². The molecule has 144 valence electrons. The summed E-state index contributed by atoms with van der Waals surface area (Å²) in [6.45, 7) is 1.65. The topological polar surface area (TPSA) is 72.0 Å². The minimum absolute atomic E-state index is 0.269. The van der Waals surface area contributed by atoms with Gasteiger partial charge in [-0.15, -0.1) is 0 Å². The van der Waals surface area contributed by atoms with Gasteiger partial charge in [-0.25, -0.2) is 19.3 Å². The standard InChI is InChI=1S/C20H20FN5OS/c21-13-4-6-14(7-5-13)24-19-22-10-12-3-8-16-18(17(12)26-19)28-20(25-16)23-11-15-2-1-9-27-15/h4-7,10,15H,1-3,8-9,11H2,(H,23,25)(H,22,24,26). The molecule has 8 heteroatoms. The summed E-state index contributed by atoms with van der Waals surface area (Å²) in [6, 6.07) is 6.16. The Hall–Kier alpha value is -2.58. The van der Waals surface area contributed by atoms with Crippen LogP contribution in [0.1, 0.15) is 24.1 Å². The number of benzene rings is 1. The van der Waals surface area contributed by atoms with E-state index in [1.807, 2.05) is 6.20 Å². The number of hydrogen-bond donors (Lipinski definition) is 2. The van der Waals surface area contributed by atoms with Crippen LogP contribution in [0.15, 0.2) is 30.5 Å². The lowest BCUT2D eigenvalue weighted by Crippen LogP contribution is -2.18. The molecule has 2 N–H and O–H groups in total. The molecule has 3 aromatic rings. The highest BCUT2D eigenvalue weighted by Crippen LogP contribution is 2.38. The zero-order valence-corrected chi connectivity index (χ0v) is 16.1. The number of hydrogen-bond acceptors (Lipinski definition) is 7. The molecule has 2 aliphatic rings. The second kappa shape index (κ2) is 7.44. The van der Waals surface area contributed by atoms with Gasteiger partial charge in [-0.1, -0.05) is 11.3 Å². The number of nitrogens with zero attached hydrogens (tertiary/aromatic N) is 3. The van der Waals surface area contributed by atoms with E-state index in [2.05, 4.69) is 15.6 Å². The zero-order valence-electron chi connectivity index (χ0n) is 15.2. The molecule has 2 aromatic heterocycles. The number of fused-ring (bicyclic) bond motifs is 3. The van der Waals surface area contributed by atoms with Crippen LogP contribution in [0.4, 0.5) is 21.2 Å². The Morgan fingerprint density at radius 3 is 2.89 bits per heavy atom. The fraction of sp³-hybridized carbons (Fsp3) is 0.350. The van der Waals surface area contributed by atoms with Crippen LogP contribution >= 0.6 is 11.3 Å². The van der Waals surface area contributed by atoms with E-state index < -0.39 is 0 Å². The van der Waals surface area contributed by atoms with Crippen molar-refractivity contribution in [3.8, 4) is 10.6 Å². The Morgan fingerprint density at radius 1 is 1.18 bits per heavy atom. The molecule has 5 rings (SSSR count). The summed E-state index contributed by atoms with van der Waals surface area (Å²) in [5.74, 6) is 0.231. The van der Waals surface area contributed by atoms with Gasteiger partial charge in [0.15, 0.2) is 5.13 Å². The molecule has 1 aliphatic carbocycles. The molecule has 1 atom stereocenters. The molecule has 1 aliphatic heterocycles. The maximum absolute atomic E-state index is 13.1. The van der Waals surface area contributed by atoms with E-state index in [-0.39, 0.29) is 11.9 Å². The van der Waals surface area contributed by atoms with Gasteiger partial charge in [-0.3, -0.25) is 0 Å². The predicted octanol–water partition coefficient (Wildman–Crippen LogP) is 4.17. The summed E-state index contributed by atoms with van der Waals surface area (Å²) < 4.78 is 18.8. The number of thiazole rings is 1. The number of anilines is 3. The van der Waals surface area contributed by atoms with Crippen molar-refractivity contribution < 1.29 is 9.13 Å². The molecule has 1 unspecified atom stereocenters. The van der Waals surface area contributed by atoms with E-state index >= 15 is 0 Å². The lowest BCUT2D eigenvalue weighted by atomic mass is 10.00. The van der Waals surface area contributed by atoms with Crippen molar-refractivity contribution in [1.82, 2.24) is 15.0 Å². The second-order valence-electron chi connectivity index (χ2n) is 7.01. The summed E-state index contributed by atoms with van der Waals surface area (Å²) in [5.41, 5.74) is 3.90. The van der Waals surface area contributed by atoms with Gasteiger partial charge in [0, 0.05) is 25.0 Å². The zero-order chi connectivity index (χ0) is 18.9. The highest BCUT2D eigenvalue weighted by molar-refractivity contribution is 7.19. The van der Waals surface area contributed by atoms with Gasteiger partial charge in [0.25, 0.3) is 0 Å². The summed E-state index contributed by atoms with van der Waals surface area (Å²) >= 11 is 1.63. The van der Waals surface area contributed by atoms with E-state index in [4.69, 9.17) is 14.7 Å². The number of aromatic nitrogens is 3. The van der Waals surface area contributed by atoms with Crippen molar-refractivity contribution in [2.75, 3.05) is 23.8 Å². The van der Waals surface area contributed by atoms with Crippen molar-refractivity contribution in [3.63, 3.8) is 0 Å². The summed E-state index contributed by atoms with van der Waals surface area (Å²) in [4.78, 5) is 15.0. The molecule has 6 nitrogen and oxygen atoms in total. The Labute approximate surface area is 166 Å².